The third-order valence-corrected chi connectivity index (χ3v) is 3.91. The van der Waals surface area contributed by atoms with Gasteiger partial charge in [0.2, 0.25) is 0 Å². The van der Waals surface area contributed by atoms with Crippen LogP contribution in [0.15, 0.2) is 12.1 Å². The molecule has 100 valence electrons. The Hall–Kier alpha value is -0.800. The van der Waals surface area contributed by atoms with Crippen LogP contribution < -0.4 is 5.32 Å². The summed E-state index contributed by atoms with van der Waals surface area (Å²) in [5.74, 6) is 0.918. The summed E-state index contributed by atoms with van der Waals surface area (Å²) >= 11 is 6.25. The monoisotopic (exact) mass is 267 g/mol. The van der Waals surface area contributed by atoms with Crippen molar-refractivity contribution in [2.75, 3.05) is 18.4 Å². The van der Waals surface area contributed by atoms with Crippen LogP contribution in [0.2, 0.25) is 5.02 Å². The van der Waals surface area contributed by atoms with E-state index in [9.17, 15) is 0 Å². The van der Waals surface area contributed by atoms with Gasteiger partial charge in [0.25, 0.3) is 0 Å². The summed E-state index contributed by atoms with van der Waals surface area (Å²) < 4.78 is 0. The van der Waals surface area contributed by atoms with Crippen molar-refractivity contribution < 1.29 is 0 Å². The van der Waals surface area contributed by atoms with E-state index >= 15 is 0 Å². The molecule has 1 aromatic rings. The van der Waals surface area contributed by atoms with Crippen LogP contribution in [0, 0.1) is 0 Å². The van der Waals surface area contributed by atoms with Crippen LogP contribution in [-0.4, -0.2) is 29.0 Å². The minimum Gasteiger partial charge on any atom is -0.370 e. The van der Waals surface area contributed by atoms with E-state index in [4.69, 9.17) is 11.6 Å². The molecule has 1 saturated heterocycles. The van der Waals surface area contributed by atoms with E-state index < -0.39 is 0 Å². The second-order valence-corrected chi connectivity index (χ2v) is 5.38. The van der Waals surface area contributed by atoms with Gasteiger partial charge in [-0.2, -0.15) is 0 Å². The number of anilines is 1. The number of halogens is 1. The average molecular weight is 268 g/mol. The van der Waals surface area contributed by atoms with Crippen molar-refractivity contribution in [1.82, 2.24) is 9.88 Å². The fourth-order valence-corrected chi connectivity index (χ4v) is 2.62. The first-order valence-corrected chi connectivity index (χ1v) is 7.22. The first kappa shape index (κ1) is 13.6. The molecule has 1 fully saturated rings. The van der Waals surface area contributed by atoms with Crippen molar-refractivity contribution in [3.8, 4) is 0 Å². The van der Waals surface area contributed by atoms with Crippen molar-refractivity contribution in [1.29, 1.82) is 0 Å². The van der Waals surface area contributed by atoms with Crippen LogP contribution in [0.5, 0.6) is 0 Å². The molecular formula is C14H22ClN3. The number of piperidine rings is 1. The van der Waals surface area contributed by atoms with Gasteiger partial charge in [-0.25, -0.2) is 4.98 Å². The predicted molar refractivity (Wildman–Crippen MR) is 77.1 cm³/mol. The zero-order valence-electron chi connectivity index (χ0n) is 11.2. The Morgan fingerprint density at radius 1 is 1.44 bits per heavy atom. The van der Waals surface area contributed by atoms with Crippen molar-refractivity contribution in [3.05, 3.63) is 22.8 Å². The molecule has 18 heavy (non-hydrogen) atoms. The van der Waals surface area contributed by atoms with E-state index in [1.807, 2.05) is 12.1 Å². The number of rotatable bonds is 4. The summed E-state index contributed by atoms with van der Waals surface area (Å²) in [4.78, 5) is 7.09. The third-order valence-electron chi connectivity index (χ3n) is 3.57. The van der Waals surface area contributed by atoms with Gasteiger partial charge < -0.3 is 5.32 Å². The van der Waals surface area contributed by atoms with Crippen LogP contribution in [0.1, 0.15) is 38.8 Å². The van der Waals surface area contributed by atoms with Crippen LogP contribution in [0.3, 0.4) is 0 Å². The summed E-state index contributed by atoms with van der Waals surface area (Å²) in [5.41, 5.74) is 0.990. The Morgan fingerprint density at radius 2 is 2.28 bits per heavy atom. The minimum atomic E-state index is 0.638. The minimum absolute atomic E-state index is 0.638. The molecule has 1 aliphatic rings. The standard InChI is InChI=1S/C14H22ClN3/c1-3-16-14-8-7-12(15)13(17-14)10-18-9-5-4-6-11(18)2/h7-8,11H,3-6,9-10H2,1-2H3,(H,16,17). The molecule has 1 N–H and O–H groups in total. The number of likely N-dealkylation sites (tertiary alicyclic amines) is 1. The molecule has 1 unspecified atom stereocenters. The molecule has 0 aliphatic carbocycles. The zero-order valence-corrected chi connectivity index (χ0v) is 12.0. The molecule has 1 atom stereocenters. The van der Waals surface area contributed by atoms with Crippen LogP contribution in [0.25, 0.3) is 0 Å². The van der Waals surface area contributed by atoms with Gasteiger partial charge in [0.05, 0.1) is 10.7 Å². The Bertz CT molecular complexity index is 395. The third kappa shape index (κ3) is 3.36. The second kappa shape index (κ2) is 6.39. The van der Waals surface area contributed by atoms with Crippen molar-refractivity contribution in [2.24, 2.45) is 0 Å². The number of nitrogens with one attached hydrogen (secondary N) is 1. The molecule has 0 bridgehead atoms. The summed E-state index contributed by atoms with van der Waals surface area (Å²) in [6.45, 7) is 7.27. The highest BCUT2D eigenvalue weighted by molar-refractivity contribution is 6.31. The Kier molecular flexibility index (Phi) is 4.84. The van der Waals surface area contributed by atoms with E-state index in [1.165, 1.54) is 19.3 Å². The lowest BCUT2D eigenvalue weighted by atomic mass is 10.0. The summed E-state index contributed by atoms with van der Waals surface area (Å²) in [6.07, 6.45) is 3.91. The van der Waals surface area contributed by atoms with Gasteiger partial charge in [-0.1, -0.05) is 18.0 Å². The molecule has 1 aromatic heterocycles. The SMILES string of the molecule is CCNc1ccc(Cl)c(CN2CCCCC2C)n1. The van der Waals surface area contributed by atoms with Crippen LogP contribution in [-0.2, 0) is 6.54 Å². The number of hydrogen-bond donors (Lipinski definition) is 1. The summed E-state index contributed by atoms with van der Waals surface area (Å²) in [5, 5.41) is 4.01. The number of pyridine rings is 1. The summed E-state index contributed by atoms with van der Waals surface area (Å²) in [7, 11) is 0. The number of nitrogens with zero attached hydrogens (tertiary/aromatic N) is 2. The van der Waals surface area contributed by atoms with E-state index in [0.29, 0.717) is 6.04 Å². The van der Waals surface area contributed by atoms with Gasteiger partial charge in [0, 0.05) is 19.1 Å². The van der Waals surface area contributed by atoms with Gasteiger partial charge in [-0.15, -0.1) is 0 Å². The van der Waals surface area contributed by atoms with Crippen LogP contribution >= 0.6 is 11.6 Å². The van der Waals surface area contributed by atoms with Gasteiger partial charge in [-0.05, 0) is 45.4 Å². The van der Waals surface area contributed by atoms with Crippen molar-refractivity contribution in [2.45, 2.75) is 45.7 Å². The Balaban J connectivity index is 2.09. The normalized spacial score (nSPS) is 20.9. The lowest BCUT2D eigenvalue weighted by Crippen LogP contribution is -2.37. The molecule has 2 rings (SSSR count). The van der Waals surface area contributed by atoms with Crippen molar-refractivity contribution in [3.63, 3.8) is 0 Å². The topological polar surface area (TPSA) is 28.2 Å². The van der Waals surface area contributed by atoms with E-state index in [-0.39, 0.29) is 0 Å². The van der Waals surface area contributed by atoms with E-state index in [1.54, 1.807) is 0 Å². The predicted octanol–water partition coefficient (Wildman–Crippen LogP) is 3.54. The summed E-state index contributed by atoms with van der Waals surface area (Å²) in [6, 6.07) is 4.52. The fraction of sp³-hybridized carbons (Fsp3) is 0.643. The molecule has 0 saturated carbocycles. The Labute approximate surface area is 115 Å². The van der Waals surface area contributed by atoms with Crippen molar-refractivity contribution >= 4 is 17.4 Å². The lowest BCUT2D eigenvalue weighted by molar-refractivity contribution is 0.151. The number of hydrogen-bond acceptors (Lipinski definition) is 3. The molecule has 0 radical (unpaired) electrons. The highest BCUT2D eigenvalue weighted by Gasteiger charge is 2.19. The quantitative estimate of drug-likeness (QED) is 0.904. The molecule has 4 heteroatoms. The largest absolute Gasteiger partial charge is 0.370 e. The van der Waals surface area contributed by atoms with Crippen LogP contribution in [0.4, 0.5) is 5.82 Å². The first-order valence-electron chi connectivity index (χ1n) is 6.84. The number of aromatic nitrogens is 1. The molecular weight excluding hydrogens is 246 g/mol. The smallest absolute Gasteiger partial charge is 0.126 e. The van der Waals surface area contributed by atoms with Gasteiger partial charge >= 0.3 is 0 Å². The maximum Gasteiger partial charge on any atom is 0.126 e. The average Bonchev–Trinajstić information content (AvgIpc) is 2.36. The van der Waals surface area contributed by atoms with E-state index in [2.05, 4.69) is 29.0 Å². The molecule has 0 aromatic carbocycles. The zero-order chi connectivity index (χ0) is 13.0. The molecule has 0 spiro atoms. The van der Waals surface area contributed by atoms with E-state index in [0.717, 1.165) is 36.2 Å². The highest BCUT2D eigenvalue weighted by Crippen LogP contribution is 2.23. The highest BCUT2D eigenvalue weighted by atomic mass is 35.5. The Morgan fingerprint density at radius 3 is 3.00 bits per heavy atom. The van der Waals surface area contributed by atoms with Gasteiger partial charge in [-0.3, -0.25) is 4.90 Å². The van der Waals surface area contributed by atoms with Gasteiger partial charge in [0.15, 0.2) is 0 Å². The van der Waals surface area contributed by atoms with Gasteiger partial charge in [0.1, 0.15) is 5.82 Å². The molecule has 1 aliphatic heterocycles. The fourth-order valence-electron chi connectivity index (χ4n) is 2.46. The lowest BCUT2D eigenvalue weighted by Gasteiger charge is -2.33. The molecule has 3 nitrogen and oxygen atoms in total. The second-order valence-electron chi connectivity index (χ2n) is 4.97. The molecule has 2 heterocycles. The first-order chi connectivity index (χ1) is 8.70. The maximum absolute atomic E-state index is 6.25. The maximum atomic E-state index is 6.25. The molecule has 0 amide bonds.